The number of nitrogens with one attached hydrogen (secondary N) is 1. The average molecular weight is 358 g/mol. The number of aryl methyl sites for hydroxylation is 2. The lowest BCUT2D eigenvalue weighted by atomic mass is 9.87. The Morgan fingerprint density at radius 1 is 1.19 bits per heavy atom. The molecular weight excluding hydrogens is 331 g/mol. The van der Waals surface area contributed by atoms with Gasteiger partial charge in [-0.3, -0.25) is 4.79 Å². The van der Waals surface area contributed by atoms with Crippen LogP contribution in [0.15, 0.2) is 36.4 Å². The molecule has 2 aromatic rings. The summed E-state index contributed by atoms with van der Waals surface area (Å²) in [7, 11) is 0. The molecule has 0 radical (unpaired) electrons. The Morgan fingerprint density at radius 2 is 1.92 bits per heavy atom. The Balaban J connectivity index is 1.88. The van der Waals surface area contributed by atoms with E-state index in [4.69, 9.17) is 10.5 Å². The predicted octanol–water partition coefficient (Wildman–Crippen LogP) is 4.85. The Bertz CT molecular complexity index is 788. The van der Waals surface area contributed by atoms with Crippen molar-refractivity contribution in [1.29, 1.82) is 0 Å². The number of rotatable bonds is 7. The van der Waals surface area contributed by atoms with Crippen molar-refractivity contribution in [2.45, 2.75) is 40.5 Å². The van der Waals surface area contributed by atoms with Gasteiger partial charge in [0.05, 0.1) is 12.3 Å². The van der Waals surface area contributed by atoms with Gasteiger partial charge in [0.1, 0.15) is 11.6 Å². The SMILES string of the molecule is Cc1ccc(C)c(OCCCC(C)(C)C(=O)Nc2cc(N)ccc2F)c1. The zero-order chi connectivity index (χ0) is 19.3. The molecule has 0 bridgehead atoms. The minimum absolute atomic E-state index is 0.106. The van der Waals surface area contributed by atoms with Crippen LogP contribution in [0.1, 0.15) is 37.8 Å². The van der Waals surface area contributed by atoms with E-state index in [9.17, 15) is 9.18 Å². The number of hydrogen-bond donors (Lipinski definition) is 2. The summed E-state index contributed by atoms with van der Waals surface area (Å²) in [6.07, 6.45) is 1.33. The Labute approximate surface area is 154 Å². The molecule has 0 fully saturated rings. The summed E-state index contributed by atoms with van der Waals surface area (Å²) in [5.74, 6) is 0.129. The van der Waals surface area contributed by atoms with E-state index in [-0.39, 0.29) is 11.6 Å². The van der Waals surface area contributed by atoms with Gasteiger partial charge in [0, 0.05) is 11.1 Å². The lowest BCUT2D eigenvalue weighted by Crippen LogP contribution is -2.31. The zero-order valence-electron chi connectivity index (χ0n) is 15.9. The molecule has 0 heterocycles. The van der Waals surface area contributed by atoms with Crippen LogP contribution in [0.25, 0.3) is 0 Å². The fourth-order valence-electron chi connectivity index (χ4n) is 2.60. The summed E-state index contributed by atoms with van der Waals surface area (Å²) in [5.41, 5.74) is 7.75. The van der Waals surface area contributed by atoms with E-state index < -0.39 is 11.2 Å². The number of carbonyl (C=O) groups excluding carboxylic acids is 1. The summed E-state index contributed by atoms with van der Waals surface area (Å²) in [5, 5.41) is 2.63. The molecule has 0 aliphatic rings. The summed E-state index contributed by atoms with van der Waals surface area (Å²) < 4.78 is 19.6. The predicted molar refractivity (Wildman–Crippen MR) is 104 cm³/mol. The molecule has 2 aromatic carbocycles. The van der Waals surface area contributed by atoms with E-state index in [0.29, 0.717) is 25.1 Å². The molecule has 5 heteroatoms. The molecule has 0 unspecified atom stereocenters. The molecule has 140 valence electrons. The van der Waals surface area contributed by atoms with Crippen LogP contribution in [-0.2, 0) is 4.79 Å². The third-order valence-corrected chi connectivity index (χ3v) is 4.40. The first-order chi connectivity index (χ1) is 12.2. The first-order valence-corrected chi connectivity index (χ1v) is 8.75. The van der Waals surface area contributed by atoms with Gasteiger partial charge in [0.15, 0.2) is 0 Å². The first-order valence-electron chi connectivity index (χ1n) is 8.75. The van der Waals surface area contributed by atoms with Gasteiger partial charge in [-0.15, -0.1) is 0 Å². The molecule has 0 aromatic heterocycles. The van der Waals surface area contributed by atoms with Gasteiger partial charge in [0.2, 0.25) is 5.91 Å². The van der Waals surface area contributed by atoms with Crippen molar-refractivity contribution in [2.75, 3.05) is 17.7 Å². The molecule has 1 amide bonds. The van der Waals surface area contributed by atoms with Crippen LogP contribution in [-0.4, -0.2) is 12.5 Å². The molecular formula is C21H27FN2O2. The molecule has 0 aliphatic heterocycles. The quantitative estimate of drug-likeness (QED) is 0.549. The topological polar surface area (TPSA) is 64.3 Å². The average Bonchev–Trinajstić information content (AvgIpc) is 2.58. The highest BCUT2D eigenvalue weighted by atomic mass is 19.1. The highest BCUT2D eigenvalue weighted by Gasteiger charge is 2.28. The molecule has 4 nitrogen and oxygen atoms in total. The van der Waals surface area contributed by atoms with Crippen LogP contribution in [0.5, 0.6) is 5.75 Å². The van der Waals surface area contributed by atoms with Crippen LogP contribution < -0.4 is 15.8 Å². The van der Waals surface area contributed by atoms with Crippen LogP contribution >= 0.6 is 0 Å². The van der Waals surface area contributed by atoms with Gasteiger partial charge in [-0.2, -0.15) is 0 Å². The van der Waals surface area contributed by atoms with Crippen molar-refractivity contribution >= 4 is 17.3 Å². The van der Waals surface area contributed by atoms with Crippen LogP contribution in [0.3, 0.4) is 0 Å². The molecule has 0 atom stereocenters. The fraction of sp³-hybridized carbons (Fsp3) is 0.381. The molecule has 26 heavy (non-hydrogen) atoms. The minimum Gasteiger partial charge on any atom is -0.493 e. The summed E-state index contributed by atoms with van der Waals surface area (Å²) in [4.78, 5) is 12.5. The number of nitrogen functional groups attached to an aromatic ring is 1. The van der Waals surface area contributed by atoms with Crippen LogP contribution in [0, 0.1) is 25.1 Å². The second-order valence-electron chi connectivity index (χ2n) is 7.30. The number of anilines is 2. The van der Waals surface area contributed by atoms with Gasteiger partial charge < -0.3 is 15.8 Å². The van der Waals surface area contributed by atoms with E-state index in [0.717, 1.165) is 16.9 Å². The number of carbonyl (C=O) groups is 1. The van der Waals surface area contributed by atoms with E-state index in [1.807, 2.05) is 45.9 Å². The summed E-state index contributed by atoms with van der Waals surface area (Å²) in [6.45, 7) is 8.23. The van der Waals surface area contributed by atoms with Crippen molar-refractivity contribution in [3.05, 3.63) is 53.3 Å². The summed E-state index contributed by atoms with van der Waals surface area (Å²) in [6, 6.07) is 10.2. The maximum atomic E-state index is 13.8. The van der Waals surface area contributed by atoms with Gasteiger partial charge in [-0.1, -0.05) is 26.0 Å². The van der Waals surface area contributed by atoms with Crippen molar-refractivity contribution in [3.8, 4) is 5.75 Å². The van der Waals surface area contributed by atoms with E-state index in [1.54, 1.807) is 0 Å². The summed E-state index contributed by atoms with van der Waals surface area (Å²) >= 11 is 0. The normalized spacial score (nSPS) is 11.3. The van der Waals surface area contributed by atoms with Crippen molar-refractivity contribution in [3.63, 3.8) is 0 Å². The van der Waals surface area contributed by atoms with E-state index in [1.165, 1.54) is 18.2 Å². The maximum Gasteiger partial charge on any atom is 0.230 e. The van der Waals surface area contributed by atoms with Gasteiger partial charge >= 0.3 is 0 Å². The number of halogens is 1. The second-order valence-corrected chi connectivity index (χ2v) is 7.30. The number of amides is 1. The monoisotopic (exact) mass is 358 g/mol. The largest absolute Gasteiger partial charge is 0.493 e. The zero-order valence-corrected chi connectivity index (χ0v) is 15.9. The van der Waals surface area contributed by atoms with Gasteiger partial charge in [-0.25, -0.2) is 4.39 Å². The number of hydrogen-bond acceptors (Lipinski definition) is 3. The minimum atomic E-state index is -0.651. The third kappa shape index (κ3) is 5.22. The van der Waals surface area contributed by atoms with Crippen LogP contribution in [0.2, 0.25) is 0 Å². The highest BCUT2D eigenvalue weighted by Crippen LogP contribution is 2.27. The Hall–Kier alpha value is -2.56. The lowest BCUT2D eigenvalue weighted by molar-refractivity contribution is -0.124. The molecule has 0 aliphatic carbocycles. The Kier molecular flexibility index (Phi) is 6.24. The van der Waals surface area contributed by atoms with Gasteiger partial charge in [0.25, 0.3) is 0 Å². The van der Waals surface area contributed by atoms with Crippen molar-refractivity contribution in [2.24, 2.45) is 5.41 Å². The smallest absolute Gasteiger partial charge is 0.230 e. The standard InChI is InChI=1S/C21H27FN2O2/c1-14-6-7-15(2)19(12-14)26-11-5-10-21(3,4)20(25)24-18-13-16(23)8-9-17(18)22/h6-9,12-13H,5,10-11,23H2,1-4H3,(H,24,25). The van der Waals surface area contributed by atoms with Crippen molar-refractivity contribution < 1.29 is 13.9 Å². The second kappa shape index (κ2) is 8.21. The molecule has 0 spiro atoms. The molecule has 0 saturated heterocycles. The molecule has 2 rings (SSSR count). The number of nitrogens with two attached hydrogens (primary N) is 1. The van der Waals surface area contributed by atoms with Crippen molar-refractivity contribution in [1.82, 2.24) is 0 Å². The first kappa shape index (κ1) is 19.8. The van der Waals surface area contributed by atoms with E-state index in [2.05, 4.69) is 5.32 Å². The number of ether oxygens (including phenoxy) is 1. The molecule has 3 N–H and O–H groups in total. The van der Waals surface area contributed by atoms with Gasteiger partial charge in [-0.05, 0) is 62.1 Å². The van der Waals surface area contributed by atoms with E-state index >= 15 is 0 Å². The lowest BCUT2D eigenvalue weighted by Gasteiger charge is -2.24. The maximum absolute atomic E-state index is 13.8. The van der Waals surface area contributed by atoms with Crippen LogP contribution in [0.4, 0.5) is 15.8 Å². The highest BCUT2D eigenvalue weighted by molar-refractivity contribution is 5.95. The fourth-order valence-corrected chi connectivity index (χ4v) is 2.60. The number of benzene rings is 2. The molecule has 0 saturated carbocycles. The Morgan fingerprint density at radius 3 is 2.65 bits per heavy atom. The third-order valence-electron chi connectivity index (χ3n) is 4.40.